The minimum absolute atomic E-state index is 0.0438. The number of carbonyl (C=O) groups is 1. The highest BCUT2D eigenvalue weighted by Gasteiger charge is 2.60. The number of alkyl halides is 2. The van der Waals surface area contributed by atoms with Gasteiger partial charge in [0.2, 0.25) is 6.23 Å². The van der Waals surface area contributed by atoms with Crippen molar-refractivity contribution in [1.82, 2.24) is 4.90 Å². The van der Waals surface area contributed by atoms with Crippen LogP contribution in [0.3, 0.4) is 0 Å². The van der Waals surface area contributed by atoms with Crippen molar-refractivity contribution in [2.45, 2.75) is 30.8 Å². The van der Waals surface area contributed by atoms with Gasteiger partial charge in [-0.3, -0.25) is 4.79 Å². The zero-order valence-electron chi connectivity index (χ0n) is 12.1. The van der Waals surface area contributed by atoms with Crippen molar-refractivity contribution in [3.8, 4) is 0 Å². The number of esters is 1. The molecule has 1 unspecified atom stereocenters. The molecule has 0 bridgehead atoms. The Bertz CT molecular complexity index is 592. The molecule has 3 rings (SSSR count). The van der Waals surface area contributed by atoms with E-state index in [1.54, 1.807) is 0 Å². The third kappa shape index (κ3) is 2.54. The van der Waals surface area contributed by atoms with Crippen molar-refractivity contribution < 1.29 is 33.3 Å². The molecule has 23 heavy (non-hydrogen) atoms. The first kappa shape index (κ1) is 16.0. The largest absolute Gasteiger partial charge is 0.465 e. The Labute approximate surface area is 130 Å². The van der Waals surface area contributed by atoms with E-state index in [-0.39, 0.29) is 5.82 Å². The molecule has 7 nitrogen and oxygen atoms in total. The van der Waals surface area contributed by atoms with E-state index in [1.807, 2.05) is 0 Å². The average Bonchev–Trinajstić information content (AvgIpc) is 3.02. The third-order valence-electron chi connectivity index (χ3n) is 4.07. The van der Waals surface area contributed by atoms with E-state index in [4.69, 9.17) is 14.6 Å². The van der Waals surface area contributed by atoms with Crippen LogP contribution in [0.15, 0.2) is 29.7 Å². The number of aliphatic imine (C=N–C) groups is 1. The van der Waals surface area contributed by atoms with E-state index in [0.29, 0.717) is 18.7 Å². The van der Waals surface area contributed by atoms with E-state index in [9.17, 15) is 18.7 Å². The third-order valence-corrected chi connectivity index (χ3v) is 4.07. The van der Waals surface area contributed by atoms with Gasteiger partial charge in [0.15, 0.2) is 6.10 Å². The summed E-state index contributed by atoms with van der Waals surface area (Å²) < 4.78 is 38.2. The second-order valence-electron chi connectivity index (χ2n) is 5.51. The maximum absolute atomic E-state index is 14.1. The molecule has 0 spiro atoms. The number of aliphatic hydroxyl groups is 2. The number of nitrogens with zero attached hydrogens (tertiary/aromatic N) is 2. The van der Waals surface area contributed by atoms with Crippen molar-refractivity contribution in [3.63, 3.8) is 0 Å². The van der Waals surface area contributed by atoms with Crippen LogP contribution >= 0.6 is 0 Å². The number of cyclic esters (lactones) is 1. The average molecular weight is 330 g/mol. The smallest absolute Gasteiger partial charge is 0.320 e. The van der Waals surface area contributed by atoms with Crippen LogP contribution in [0.25, 0.3) is 0 Å². The summed E-state index contributed by atoms with van der Waals surface area (Å²) in [6.07, 6.45) is -2.19. The minimum atomic E-state index is -3.61. The van der Waals surface area contributed by atoms with Crippen molar-refractivity contribution in [1.29, 1.82) is 0 Å². The molecular weight excluding hydrogens is 314 g/mol. The molecule has 3 heterocycles. The quantitative estimate of drug-likeness (QED) is 0.708. The highest BCUT2D eigenvalue weighted by molar-refractivity contribution is 6.09. The molecule has 9 heteroatoms. The number of hydrogen-bond acceptors (Lipinski definition) is 7. The molecule has 4 atom stereocenters. The van der Waals surface area contributed by atoms with Gasteiger partial charge in [0, 0.05) is 12.6 Å². The minimum Gasteiger partial charge on any atom is -0.465 e. The predicted molar refractivity (Wildman–Crippen MR) is 73.3 cm³/mol. The number of halogens is 2. The molecule has 0 aromatic heterocycles. The van der Waals surface area contributed by atoms with Crippen LogP contribution in [0, 0.1) is 5.92 Å². The fourth-order valence-electron chi connectivity index (χ4n) is 2.78. The maximum atomic E-state index is 14.1. The van der Waals surface area contributed by atoms with Gasteiger partial charge in [-0.25, -0.2) is 4.99 Å². The van der Waals surface area contributed by atoms with Gasteiger partial charge in [0.1, 0.15) is 17.8 Å². The first-order chi connectivity index (χ1) is 10.9. The lowest BCUT2D eigenvalue weighted by molar-refractivity contribution is -0.148. The molecular formula is C14H16F2N2O5. The standard InChI is InChI=1S/C14H16F2N2O5/c1-7-17-9(8-3-5-22-12(8)21)2-4-18(7)13-14(15,16)11(20)10(6-19)23-13/h2,4,8,10-11,13,19-20H,1,3,5-6H2/t8?,10-,11+,13-/m1/s1. The predicted octanol–water partition coefficient (Wildman–Crippen LogP) is 0.00440. The summed E-state index contributed by atoms with van der Waals surface area (Å²) in [7, 11) is 0. The summed E-state index contributed by atoms with van der Waals surface area (Å²) in [5.41, 5.74) is 0.384. The van der Waals surface area contributed by atoms with Crippen LogP contribution < -0.4 is 0 Å². The fourth-order valence-corrected chi connectivity index (χ4v) is 2.78. The highest BCUT2D eigenvalue weighted by Crippen LogP contribution is 2.40. The summed E-state index contributed by atoms with van der Waals surface area (Å²) in [4.78, 5) is 16.6. The lowest BCUT2D eigenvalue weighted by Gasteiger charge is -2.32. The van der Waals surface area contributed by atoms with Gasteiger partial charge < -0.3 is 24.6 Å². The first-order valence-electron chi connectivity index (χ1n) is 7.09. The molecule has 2 N–H and O–H groups in total. The van der Waals surface area contributed by atoms with Gasteiger partial charge in [-0.1, -0.05) is 6.58 Å². The van der Waals surface area contributed by atoms with Gasteiger partial charge in [-0.05, 0) is 6.08 Å². The highest BCUT2D eigenvalue weighted by atomic mass is 19.3. The molecule has 3 aliphatic rings. The fraction of sp³-hybridized carbons (Fsp3) is 0.571. The molecule has 0 radical (unpaired) electrons. The lowest BCUT2D eigenvalue weighted by Crippen LogP contribution is -2.47. The number of rotatable bonds is 3. The lowest BCUT2D eigenvalue weighted by atomic mass is 10.0. The van der Waals surface area contributed by atoms with Crippen LogP contribution in [-0.2, 0) is 14.3 Å². The Kier molecular flexibility index (Phi) is 3.95. The van der Waals surface area contributed by atoms with Crippen molar-refractivity contribution >= 4 is 11.7 Å². The first-order valence-corrected chi connectivity index (χ1v) is 7.09. The number of allylic oxidation sites excluding steroid dienone is 1. The molecule has 0 aromatic carbocycles. The van der Waals surface area contributed by atoms with Crippen molar-refractivity contribution in [2.75, 3.05) is 13.2 Å². The van der Waals surface area contributed by atoms with E-state index >= 15 is 0 Å². The zero-order valence-corrected chi connectivity index (χ0v) is 12.1. The van der Waals surface area contributed by atoms with Gasteiger partial charge >= 0.3 is 11.9 Å². The Morgan fingerprint density at radius 2 is 2.26 bits per heavy atom. The second kappa shape index (κ2) is 5.66. The molecule has 2 saturated heterocycles. The number of aliphatic hydroxyl groups excluding tert-OH is 2. The Hall–Kier alpha value is -1.84. The monoisotopic (exact) mass is 330 g/mol. The van der Waals surface area contributed by atoms with E-state index < -0.39 is 42.9 Å². The second-order valence-corrected chi connectivity index (χ2v) is 5.51. The Morgan fingerprint density at radius 3 is 2.78 bits per heavy atom. The maximum Gasteiger partial charge on any atom is 0.320 e. The summed E-state index contributed by atoms with van der Waals surface area (Å²) in [6, 6.07) is 0. The normalized spacial score (nSPS) is 36.3. The van der Waals surface area contributed by atoms with Gasteiger partial charge in [0.05, 0.1) is 18.9 Å². The van der Waals surface area contributed by atoms with E-state index in [2.05, 4.69) is 11.6 Å². The van der Waals surface area contributed by atoms with Crippen molar-refractivity contribution in [2.24, 2.45) is 10.9 Å². The van der Waals surface area contributed by atoms with Crippen LogP contribution in [0.4, 0.5) is 8.78 Å². The van der Waals surface area contributed by atoms with Crippen LogP contribution in [-0.4, -0.2) is 64.4 Å². The Balaban J connectivity index is 1.79. The molecule has 0 aromatic rings. The molecule has 0 aliphatic carbocycles. The summed E-state index contributed by atoms with van der Waals surface area (Å²) >= 11 is 0. The zero-order chi connectivity index (χ0) is 16.8. The van der Waals surface area contributed by atoms with Gasteiger partial charge in [-0.15, -0.1) is 0 Å². The van der Waals surface area contributed by atoms with Gasteiger partial charge in [0.25, 0.3) is 0 Å². The van der Waals surface area contributed by atoms with Gasteiger partial charge in [-0.2, -0.15) is 8.78 Å². The molecule has 0 amide bonds. The topological polar surface area (TPSA) is 91.6 Å². The molecule has 0 saturated carbocycles. The SMILES string of the molecule is C=C1N=C(C2CCOC2=O)C=CN1[C@@H]1O[C@H](CO)[C@H](O)C1(F)F. The van der Waals surface area contributed by atoms with Crippen molar-refractivity contribution in [3.05, 3.63) is 24.7 Å². The molecule has 2 fully saturated rings. The van der Waals surface area contributed by atoms with Crippen LogP contribution in [0.5, 0.6) is 0 Å². The summed E-state index contributed by atoms with van der Waals surface area (Å²) in [5, 5.41) is 18.6. The van der Waals surface area contributed by atoms with Crippen LogP contribution in [0.2, 0.25) is 0 Å². The van der Waals surface area contributed by atoms with E-state index in [0.717, 1.165) is 4.90 Å². The summed E-state index contributed by atoms with van der Waals surface area (Å²) in [6.45, 7) is 3.16. The number of carbonyl (C=O) groups excluding carboxylic acids is 1. The molecule has 3 aliphatic heterocycles. The van der Waals surface area contributed by atoms with Crippen LogP contribution in [0.1, 0.15) is 6.42 Å². The number of hydrogen-bond donors (Lipinski definition) is 2. The van der Waals surface area contributed by atoms with E-state index in [1.165, 1.54) is 12.3 Å². The Morgan fingerprint density at radius 1 is 1.52 bits per heavy atom. The summed E-state index contributed by atoms with van der Waals surface area (Å²) in [5.74, 6) is -4.60. The number of ether oxygens (including phenoxy) is 2. The molecule has 126 valence electrons.